The van der Waals surface area contributed by atoms with Crippen LogP contribution in [0.4, 0.5) is 0 Å². The maximum atomic E-state index is 8.91. The Labute approximate surface area is 109 Å². The predicted octanol–water partition coefficient (Wildman–Crippen LogP) is 1.47. The van der Waals surface area contributed by atoms with Crippen LogP contribution in [0.25, 0.3) is 11.3 Å². The first-order valence-electron chi connectivity index (χ1n) is 5.85. The summed E-state index contributed by atoms with van der Waals surface area (Å²) in [5.41, 5.74) is 1.51. The predicted molar refractivity (Wildman–Crippen MR) is 67.0 cm³/mol. The molecule has 0 amide bonds. The lowest BCUT2D eigenvalue weighted by Crippen LogP contribution is -2.00. The van der Waals surface area contributed by atoms with E-state index >= 15 is 0 Å². The van der Waals surface area contributed by atoms with Gasteiger partial charge < -0.3 is 9.52 Å². The molecule has 0 unspecified atom stereocenters. The first kappa shape index (κ1) is 11.6. The summed E-state index contributed by atoms with van der Waals surface area (Å²) in [6.07, 6.45) is 3.35. The van der Waals surface area contributed by atoms with Crippen molar-refractivity contribution in [3.63, 3.8) is 0 Å². The normalized spacial score (nSPS) is 10.8. The zero-order chi connectivity index (χ0) is 13.1. The van der Waals surface area contributed by atoms with Gasteiger partial charge in [0, 0.05) is 5.56 Å². The number of hydrogen-bond donors (Lipinski definition) is 1. The molecule has 0 aliphatic carbocycles. The number of rotatable bonds is 4. The Morgan fingerprint density at radius 3 is 2.79 bits per heavy atom. The standard InChI is InChI=1S/C13H12N4O2/c18-9-11-7-17(16-15-11)8-13-14-6-12(19-13)10-4-2-1-3-5-10/h1-7,18H,8-9H2. The van der Waals surface area contributed by atoms with Crippen molar-refractivity contribution in [2.24, 2.45) is 0 Å². The van der Waals surface area contributed by atoms with Crippen LogP contribution in [0.2, 0.25) is 0 Å². The second-order valence-corrected chi connectivity index (χ2v) is 4.05. The molecule has 1 aromatic carbocycles. The van der Waals surface area contributed by atoms with Crippen LogP contribution >= 0.6 is 0 Å². The van der Waals surface area contributed by atoms with Crippen LogP contribution in [-0.4, -0.2) is 25.1 Å². The van der Waals surface area contributed by atoms with E-state index in [-0.39, 0.29) is 6.61 Å². The third-order valence-corrected chi connectivity index (χ3v) is 2.66. The molecule has 2 aromatic heterocycles. The SMILES string of the molecule is OCc1cn(Cc2ncc(-c3ccccc3)o2)nn1. The van der Waals surface area contributed by atoms with Crippen LogP contribution in [0.15, 0.2) is 47.1 Å². The molecule has 3 rings (SSSR count). The van der Waals surface area contributed by atoms with E-state index in [1.165, 1.54) is 0 Å². The van der Waals surface area contributed by atoms with Gasteiger partial charge in [-0.1, -0.05) is 35.5 Å². The van der Waals surface area contributed by atoms with Crippen molar-refractivity contribution in [1.82, 2.24) is 20.0 Å². The molecule has 0 saturated heterocycles. The lowest BCUT2D eigenvalue weighted by molar-refractivity contribution is 0.276. The topological polar surface area (TPSA) is 77.0 Å². The largest absolute Gasteiger partial charge is 0.439 e. The summed E-state index contributed by atoms with van der Waals surface area (Å²) in [5.74, 6) is 1.27. The number of aliphatic hydroxyl groups excluding tert-OH is 1. The molecule has 0 bridgehead atoms. The second-order valence-electron chi connectivity index (χ2n) is 4.05. The van der Waals surface area contributed by atoms with Gasteiger partial charge in [-0.3, -0.25) is 0 Å². The molecule has 0 radical (unpaired) electrons. The molecule has 6 heteroatoms. The van der Waals surface area contributed by atoms with E-state index in [4.69, 9.17) is 9.52 Å². The van der Waals surface area contributed by atoms with Crippen LogP contribution in [0.1, 0.15) is 11.6 Å². The Balaban J connectivity index is 1.78. The van der Waals surface area contributed by atoms with Crippen LogP contribution < -0.4 is 0 Å². The molecule has 96 valence electrons. The molecular weight excluding hydrogens is 244 g/mol. The Hall–Kier alpha value is -2.47. The first-order valence-corrected chi connectivity index (χ1v) is 5.85. The number of aromatic nitrogens is 4. The molecule has 0 saturated carbocycles. The lowest BCUT2D eigenvalue weighted by Gasteiger charge is -1.96. The van der Waals surface area contributed by atoms with Crippen molar-refractivity contribution in [3.8, 4) is 11.3 Å². The van der Waals surface area contributed by atoms with Gasteiger partial charge in [0.1, 0.15) is 12.2 Å². The molecule has 0 atom stereocenters. The smallest absolute Gasteiger partial charge is 0.216 e. The van der Waals surface area contributed by atoms with Gasteiger partial charge in [-0.05, 0) is 0 Å². The molecule has 3 aromatic rings. The van der Waals surface area contributed by atoms with Gasteiger partial charge >= 0.3 is 0 Å². The van der Waals surface area contributed by atoms with E-state index in [9.17, 15) is 0 Å². The van der Waals surface area contributed by atoms with Gasteiger partial charge in [-0.15, -0.1) is 5.10 Å². The van der Waals surface area contributed by atoms with Gasteiger partial charge in [0.25, 0.3) is 0 Å². The van der Waals surface area contributed by atoms with Gasteiger partial charge in [-0.25, -0.2) is 9.67 Å². The number of oxazole rings is 1. The molecule has 6 nitrogen and oxygen atoms in total. The highest BCUT2D eigenvalue weighted by Gasteiger charge is 2.07. The zero-order valence-corrected chi connectivity index (χ0v) is 10.1. The Morgan fingerprint density at radius 1 is 1.21 bits per heavy atom. The molecule has 19 heavy (non-hydrogen) atoms. The fourth-order valence-electron chi connectivity index (χ4n) is 1.75. The van der Waals surface area contributed by atoms with Crippen molar-refractivity contribution in [2.45, 2.75) is 13.2 Å². The van der Waals surface area contributed by atoms with E-state index < -0.39 is 0 Å². The Bertz CT molecular complexity index is 660. The van der Waals surface area contributed by atoms with E-state index in [1.807, 2.05) is 30.3 Å². The summed E-state index contributed by atoms with van der Waals surface area (Å²) >= 11 is 0. The fourth-order valence-corrected chi connectivity index (χ4v) is 1.75. The van der Waals surface area contributed by atoms with Crippen molar-refractivity contribution < 1.29 is 9.52 Å². The maximum absolute atomic E-state index is 8.91. The maximum Gasteiger partial charge on any atom is 0.216 e. The number of benzene rings is 1. The highest BCUT2D eigenvalue weighted by atomic mass is 16.4. The summed E-state index contributed by atoms with van der Waals surface area (Å²) < 4.78 is 7.23. The molecule has 0 fully saturated rings. The quantitative estimate of drug-likeness (QED) is 0.765. The average molecular weight is 256 g/mol. The van der Waals surface area contributed by atoms with Gasteiger partial charge in [0.2, 0.25) is 5.89 Å². The summed E-state index contributed by atoms with van der Waals surface area (Å²) in [6.45, 7) is 0.265. The van der Waals surface area contributed by atoms with Gasteiger partial charge in [0.15, 0.2) is 5.76 Å². The van der Waals surface area contributed by atoms with E-state index in [0.717, 1.165) is 11.3 Å². The zero-order valence-electron chi connectivity index (χ0n) is 10.1. The minimum atomic E-state index is -0.124. The van der Waals surface area contributed by atoms with Crippen molar-refractivity contribution in [3.05, 3.63) is 54.3 Å². The molecule has 0 spiro atoms. The minimum Gasteiger partial charge on any atom is -0.439 e. The second kappa shape index (κ2) is 5.03. The summed E-state index contributed by atoms with van der Waals surface area (Å²) in [7, 11) is 0. The van der Waals surface area contributed by atoms with Crippen LogP contribution in [-0.2, 0) is 13.2 Å². The third kappa shape index (κ3) is 2.53. The molecule has 0 aliphatic rings. The minimum absolute atomic E-state index is 0.124. The molecular formula is C13H12N4O2. The van der Waals surface area contributed by atoms with E-state index in [0.29, 0.717) is 18.1 Å². The highest BCUT2D eigenvalue weighted by molar-refractivity contribution is 5.55. The van der Waals surface area contributed by atoms with E-state index in [1.54, 1.807) is 17.1 Å². The van der Waals surface area contributed by atoms with Crippen molar-refractivity contribution in [2.75, 3.05) is 0 Å². The lowest BCUT2D eigenvalue weighted by atomic mass is 10.2. The monoisotopic (exact) mass is 256 g/mol. The highest BCUT2D eigenvalue weighted by Crippen LogP contribution is 2.19. The summed E-state index contributed by atoms with van der Waals surface area (Å²) in [5, 5.41) is 16.6. The summed E-state index contributed by atoms with van der Waals surface area (Å²) in [6, 6.07) is 9.77. The molecule has 2 heterocycles. The van der Waals surface area contributed by atoms with Crippen LogP contribution in [0.3, 0.4) is 0 Å². The van der Waals surface area contributed by atoms with Crippen LogP contribution in [0.5, 0.6) is 0 Å². The van der Waals surface area contributed by atoms with Gasteiger partial charge in [-0.2, -0.15) is 0 Å². The van der Waals surface area contributed by atoms with Crippen molar-refractivity contribution in [1.29, 1.82) is 0 Å². The van der Waals surface area contributed by atoms with Crippen LogP contribution in [0, 0.1) is 0 Å². The first-order chi connectivity index (χ1) is 9.35. The van der Waals surface area contributed by atoms with Crippen molar-refractivity contribution >= 4 is 0 Å². The van der Waals surface area contributed by atoms with Gasteiger partial charge in [0.05, 0.1) is 19.0 Å². The molecule has 0 aliphatic heterocycles. The number of hydrogen-bond acceptors (Lipinski definition) is 5. The third-order valence-electron chi connectivity index (χ3n) is 2.66. The fraction of sp³-hybridized carbons (Fsp3) is 0.154. The average Bonchev–Trinajstić information content (AvgIpc) is 3.09. The number of aliphatic hydroxyl groups is 1. The summed E-state index contributed by atoms with van der Waals surface area (Å²) in [4.78, 5) is 4.21. The Kier molecular flexibility index (Phi) is 3.07. The number of nitrogens with zero attached hydrogens (tertiary/aromatic N) is 4. The Morgan fingerprint density at radius 2 is 2.05 bits per heavy atom. The molecule has 1 N–H and O–H groups in total. The van der Waals surface area contributed by atoms with E-state index in [2.05, 4.69) is 15.3 Å².